The molecule has 7 nitrogen and oxygen atoms in total. The van der Waals surface area contributed by atoms with Crippen molar-refractivity contribution in [3.05, 3.63) is 11.9 Å². The number of esters is 1. The van der Waals surface area contributed by atoms with Gasteiger partial charge in [0.05, 0.1) is 13.0 Å². The van der Waals surface area contributed by atoms with E-state index in [1.807, 2.05) is 6.92 Å². The van der Waals surface area contributed by atoms with Gasteiger partial charge in [0.25, 0.3) is 0 Å². The molecule has 0 amide bonds. The second-order valence-corrected chi connectivity index (χ2v) is 6.73. The van der Waals surface area contributed by atoms with Gasteiger partial charge in [-0.15, -0.1) is 0 Å². The smallest absolute Gasteiger partial charge is 0.310 e. The minimum Gasteiger partial charge on any atom is -0.469 e. The van der Waals surface area contributed by atoms with E-state index in [1.165, 1.54) is 7.11 Å². The lowest BCUT2D eigenvalue weighted by Crippen LogP contribution is -2.45. The molecule has 132 valence electrons. The zero-order chi connectivity index (χ0) is 17.1. The number of carbonyl (C=O) groups is 1. The number of hydrogen-bond acceptors (Lipinski definition) is 7. The highest BCUT2D eigenvalue weighted by Gasteiger charge is 2.28. The fourth-order valence-corrected chi connectivity index (χ4v) is 3.44. The average Bonchev–Trinajstić information content (AvgIpc) is 2.61. The molecule has 0 spiro atoms. The number of nitrogens with zero attached hydrogens (tertiary/aromatic N) is 5. The lowest BCUT2D eigenvalue weighted by Gasteiger charge is -2.35. The standard InChI is InChI=1S/C17H27N5O2/c1-13-18-15(21-9-7-20(2)8-10-21)11-16(19-13)22-6-4-5-14(12-22)17(23)24-3/h11,14H,4-10,12H2,1-3H3. The van der Waals surface area contributed by atoms with Gasteiger partial charge in [0.2, 0.25) is 0 Å². The van der Waals surface area contributed by atoms with Crippen LogP contribution in [-0.2, 0) is 9.53 Å². The molecule has 1 aromatic rings. The predicted octanol–water partition coefficient (Wildman–Crippen LogP) is 0.926. The fraction of sp³-hybridized carbons (Fsp3) is 0.706. The number of aryl methyl sites for hydroxylation is 1. The van der Waals surface area contributed by atoms with Gasteiger partial charge in [-0.05, 0) is 26.8 Å². The summed E-state index contributed by atoms with van der Waals surface area (Å²) in [5.74, 6) is 2.51. The van der Waals surface area contributed by atoms with E-state index in [1.54, 1.807) is 0 Å². The maximum Gasteiger partial charge on any atom is 0.310 e. The molecule has 24 heavy (non-hydrogen) atoms. The van der Waals surface area contributed by atoms with Crippen LogP contribution in [0.25, 0.3) is 0 Å². The number of hydrogen-bond donors (Lipinski definition) is 0. The van der Waals surface area contributed by atoms with Crippen LogP contribution in [-0.4, -0.2) is 74.3 Å². The second kappa shape index (κ2) is 7.34. The summed E-state index contributed by atoms with van der Waals surface area (Å²) in [5.41, 5.74) is 0. The lowest BCUT2D eigenvalue weighted by atomic mass is 9.98. The highest BCUT2D eigenvalue weighted by Crippen LogP contribution is 2.25. The highest BCUT2D eigenvalue weighted by atomic mass is 16.5. The van der Waals surface area contributed by atoms with Crippen LogP contribution >= 0.6 is 0 Å². The Morgan fingerprint density at radius 3 is 2.46 bits per heavy atom. The summed E-state index contributed by atoms with van der Waals surface area (Å²) in [6, 6.07) is 2.07. The summed E-state index contributed by atoms with van der Waals surface area (Å²) in [7, 11) is 3.61. The number of rotatable bonds is 3. The summed E-state index contributed by atoms with van der Waals surface area (Å²) in [5, 5.41) is 0. The van der Waals surface area contributed by atoms with Crippen molar-refractivity contribution in [1.82, 2.24) is 14.9 Å². The maximum absolute atomic E-state index is 11.9. The molecule has 1 atom stereocenters. The number of methoxy groups -OCH3 is 1. The lowest BCUT2D eigenvalue weighted by molar-refractivity contribution is -0.145. The van der Waals surface area contributed by atoms with Crippen molar-refractivity contribution >= 4 is 17.6 Å². The number of likely N-dealkylation sites (N-methyl/N-ethyl adjacent to an activating group) is 1. The highest BCUT2D eigenvalue weighted by molar-refractivity contribution is 5.73. The molecule has 0 aromatic carbocycles. The van der Waals surface area contributed by atoms with Crippen molar-refractivity contribution in [1.29, 1.82) is 0 Å². The second-order valence-electron chi connectivity index (χ2n) is 6.73. The van der Waals surface area contributed by atoms with Gasteiger partial charge in [0.15, 0.2) is 0 Å². The van der Waals surface area contributed by atoms with Gasteiger partial charge in [0, 0.05) is 45.3 Å². The van der Waals surface area contributed by atoms with Gasteiger partial charge in [-0.25, -0.2) is 9.97 Å². The van der Waals surface area contributed by atoms with Gasteiger partial charge in [-0.3, -0.25) is 4.79 Å². The fourth-order valence-electron chi connectivity index (χ4n) is 3.44. The van der Waals surface area contributed by atoms with Crippen LogP contribution < -0.4 is 9.80 Å². The van der Waals surface area contributed by atoms with E-state index >= 15 is 0 Å². The molecule has 1 unspecified atom stereocenters. The molecule has 2 saturated heterocycles. The normalized spacial score (nSPS) is 22.5. The van der Waals surface area contributed by atoms with E-state index in [0.717, 1.165) is 63.0 Å². The molecule has 0 N–H and O–H groups in total. The van der Waals surface area contributed by atoms with Crippen molar-refractivity contribution in [3.8, 4) is 0 Å². The van der Waals surface area contributed by atoms with E-state index in [0.29, 0.717) is 6.54 Å². The van der Waals surface area contributed by atoms with E-state index in [-0.39, 0.29) is 11.9 Å². The van der Waals surface area contributed by atoms with Gasteiger partial charge in [0.1, 0.15) is 17.5 Å². The first-order valence-corrected chi connectivity index (χ1v) is 8.69. The SMILES string of the molecule is COC(=O)C1CCCN(c2cc(N3CCN(C)CC3)nc(C)n2)C1. The zero-order valence-electron chi connectivity index (χ0n) is 14.9. The molecule has 3 heterocycles. The number of anilines is 2. The molecule has 0 bridgehead atoms. The van der Waals surface area contributed by atoms with Crippen molar-refractivity contribution in [2.24, 2.45) is 5.92 Å². The first kappa shape index (κ1) is 17.0. The molecule has 0 saturated carbocycles. The largest absolute Gasteiger partial charge is 0.469 e. The van der Waals surface area contributed by atoms with Gasteiger partial charge < -0.3 is 19.4 Å². The van der Waals surface area contributed by atoms with E-state index < -0.39 is 0 Å². The number of aromatic nitrogens is 2. The van der Waals surface area contributed by atoms with Gasteiger partial charge >= 0.3 is 5.97 Å². The van der Waals surface area contributed by atoms with Crippen LogP contribution in [0, 0.1) is 12.8 Å². The number of ether oxygens (including phenoxy) is 1. The number of piperidine rings is 1. The molecule has 0 radical (unpaired) electrons. The van der Waals surface area contributed by atoms with Gasteiger partial charge in [-0.2, -0.15) is 0 Å². The number of carbonyl (C=O) groups excluding carboxylic acids is 1. The Bertz CT molecular complexity index is 586. The quantitative estimate of drug-likeness (QED) is 0.763. The van der Waals surface area contributed by atoms with E-state index in [2.05, 4.69) is 37.8 Å². The Morgan fingerprint density at radius 2 is 1.79 bits per heavy atom. The van der Waals surface area contributed by atoms with Crippen LogP contribution in [0.3, 0.4) is 0 Å². The van der Waals surface area contributed by atoms with E-state index in [9.17, 15) is 4.79 Å². The molecule has 2 fully saturated rings. The van der Waals surface area contributed by atoms with Crippen molar-refractivity contribution in [3.63, 3.8) is 0 Å². The first-order chi connectivity index (χ1) is 11.6. The van der Waals surface area contributed by atoms with E-state index in [4.69, 9.17) is 4.74 Å². The molecular formula is C17H27N5O2. The van der Waals surface area contributed by atoms with Crippen LogP contribution in [0.1, 0.15) is 18.7 Å². The maximum atomic E-state index is 11.9. The summed E-state index contributed by atoms with van der Waals surface area (Å²) in [6.07, 6.45) is 1.87. The third-order valence-corrected chi connectivity index (χ3v) is 4.92. The summed E-state index contributed by atoms with van der Waals surface area (Å²) in [4.78, 5) is 27.9. The molecule has 2 aliphatic rings. The zero-order valence-corrected chi connectivity index (χ0v) is 14.9. The molecule has 3 rings (SSSR count). The Hall–Kier alpha value is -1.89. The molecule has 7 heteroatoms. The van der Waals surface area contributed by atoms with Crippen molar-refractivity contribution in [2.45, 2.75) is 19.8 Å². The number of piperazine rings is 1. The predicted molar refractivity (Wildman–Crippen MR) is 93.4 cm³/mol. The Kier molecular flexibility index (Phi) is 5.18. The van der Waals surface area contributed by atoms with Crippen LogP contribution in [0.5, 0.6) is 0 Å². The van der Waals surface area contributed by atoms with Crippen LogP contribution in [0.2, 0.25) is 0 Å². The van der Waals surface area contributed by atoms with Crippen molar-refractivity contribution < 1.29 is 9.53 Å². The summed E-state index contributed by atoms with van der Waals surface area (Å²) < 4.78 is 4.92. The molecule has 2 aliphatic heterocycles. The Morgan fingerprint density at radius 1 is 1.12 bits per heavy atom. The average molecular weight is 333 g/mol. The summed E-state index contributed by atoms with van der Waals surface area (Å²) >= 11 is 0. The van der Waals surface area contributed by atoms with Crippen LogP contribution in [0.15, 0.2) is 6.07 Å². The van der Waals surface area contributed by atoms with Crippen molar-refractivity contribution in [2.75, 3.05) is 63.2 Å². The van der Waals surface area contributed by atoms with Gasteiger partial charge in [-0.1, -0.05) is 0 Å². The monoisotopic (exact) mass is 333 g/mol. The Labute approximate surface area is 143 Å². The molecule has 1 aromatic heterocycles. The molecular weight excluding hydrogens is 306 g/mol. The van der Waals surface area contributed by atoms with Crippen LogP contribution in [0.4, 0.5) is 11.6 Å². The third-order valence-electron chi connectivity index (χ3n) is 4.92. The summed E-state index contributed by atoms with van der Waals surface area (Å²) in [6.45, 7) is 7.59. The first-order valence-electron chi connectivity index (χ1n) is 8.69. The minimum atomic E-state index is -0.121. The minimum absolute atomic E-state index is 0.0638. The molecule has 0 aliphatic carbocycles. The Balaban J connectivity index is 1.77. The topological polar surface area (TPSA) is 61.8 Å². The third kappa shape index (κ3) is 3.77.